The van der Waals surface area contributed by atoms with Crippen molar-refractivity contribution < 1.29 is 19.8 Å². The second-order valence-corrected chi connectivity index (χ2v) is 3.96. The summed E-state index contributed by atoms with van der Waals surface area (Å²) in [4.78, 5) is 21.9. The standard InChI is InChI=1S/C11H16O4/c1-2-3-4-7-5-8(12)6-9(7)10(13)11(14)15/h2-3,7,9-10,13H,4-6H2,1H3,(H,14,15). The molecule has 4 nitrogen and oxygen atoms in total. The minimum Gasteiger partial charge on any atom is -0.479 e. The molecule has 0 aliphatic heterocycles. The molecule has 1 rings (SSSR count). The fraction of sp³-hybridized carbons (Fsp3) is 0.636. The highest BCUT2D eigenvalue weighted by Crippen LogP contribution is 2.34. The van der Waals surface area contributed by atoms with Crippen molar-refractivity contribution in [2.45, 2.75) is 32.3 Å². The van der Waals surface area contributed by atoms with Crippen molar-refractivity contribution in [3.63, 3.8) is 0 Å². The van der Waals surface area contributed by atoms with E-state index in [-0.39, 0.29) is 18.1 Å². The molecule has 0 saturated heterocycles. The highest BCUT2D eigenvalue weighted by Gasteiger charge is 2.39. The van der Waals surface area contributed by atoms with E-state index in [0.717, 1.165) is 0 Å². The fourth-order valence-corrected chi connectivity index (χ4v) is 2.08. The largest absolute Gasteiger partial charge is 0.479 e. The van der Waals surface area contributed by atoms with Crippen molar-refractivity contribution in [2.75, 3.05) is 0 Å². The number of Topliss-reactive ketones (excluding diaryl/α,β-unsaturated/α-hetero) is 1. The maximum absolute atomic E-state index is 11.2. The van der Waals surface area contributed by atoms with Crippen molar-refractivity contribution in [2.24, 2.45) is 11.8 Å². The molecule has 0 spiro atoms. The number of carbonyl (C=O) groups excluding carboxylic acids is 1. The lowest BCUT2D eigenvalue weighted by molar-refractivity contribution is -0.150. The van der Waals surface area contributed by atoms with Crippen molar-refractivity contribution in [3.8, 4) is 0 Å². The van der Waals surface area contributed by atoms with Gasteiger partial charge in [0.15, 0.2) is 6.10 Å². The Morgan fingerprint density at radius 1 is 1.60 bits per heavy atom. The van der Waals surface area contributed by atoms with E-state index in [4.69, 9.17) is 5.11 Å². The molecule has 0 aromatic rings. The van der Waals surface area contributed by atoms with E-state index in [9.17, 15) is 14.7 Å². The predicted molar refractivity (Wildman–Crippen MR) is 54.3 cm³/mol. The first-order chi connectivity index (χ1) is 7.06. The molecule has 3 unspecified atom stereocenters. The molecule has 1 aliphatic carbocycles. The lowest BCUT2D eigenvalue weighted by Gasteiger charge is -2.19. The van der Waals surface area contributed by atoms with Gasteiger partial charge in [0.2, 0.25) is 0 Å². The van der Waals surface area contributed by atoms with E-state index >= 15 is 0 Å². The minimum absolute atomic E-state index is 0.0280. The number of aliphatic carboxylic acids is 1. The Bertz CT molecular complexity index is 282. The van der Waals surface area contributed by atoms with Crippen molar-refractivity contribution in [1.29, 1.82) is 0 Å². The first-order valence-corrected chi connectivity index (χ1v) is 5.10. The van der Waals surface area contributed by atoms with Crippen LogP contribution in [0.3, 0.4) is 0 Å². The fourth-order valence-electron chi connectivity index (χ4n) is 2.08. The van der Waals surface area contributed by atoms with Gasteiger partial charge in [0.05, 0.1) is 0 Å². The first kappa shape index (κ1) is 11.9. The second kappa shape index (κ2) is 5.07. The number of aliphatic hydroxyl groups excluding tert-OH is 1. The maximum atomic E-state index is 11.2. The molecule has 1 aliphatic rings. The van der Waals surface area contributed by atoms with Crippen LogP contribution in [-0.4, -0.2) is 28.1 Å². The summed E-state index contributed by atoms with van der Waals surface area (Å²) in [5, 5.41) is 18.1. The average molecular weight is 212 g/mol. The third-order valence-electron chi connectivity index (χ3n) is 2.89. The van der Waals surface area contributed by atoms with Crippen LogP contribution in [0.25, 0.3) is 0 Å². The smallest absolute Gasteiger partial charge is 0.332 e. The van der Waals surface area contributed by atoms with Crippen LogP contribution in [0.5, 0.6) is 0 Å². The van der Waals surface area contributed by atoms with Gasteiger partial charge in [-0.1, -0.05) is 12.2 Å². The molecule has 1 fully saturated rings. The SMILES string of the molecule is CC=CCC1CC(=O)CC1C(O)C(=O)O. The topological polar surface area (TPSA) is 74.6 Å². The molecule has 4 heteroatoms. The number of carbonyl (C=O) groups is 2. The van der Waals surface area contributed by atoms with Crippen LogP contribution in [-0.2, 0) is 9.59 Å². The van der Waals surface area contributed by atoms with E-state index in [2.05, 4.69) is 0 Å². The van der Waals surface area contributed by atoms with Gasteiger partial charge in [0.1, 0.15) is 5.78 Å². The summed E-state index contributed by atoms with van der Waals surface area (Å²) in [7, 11) is 0. The van der Waals surface area contributed by atoms with E-state index in [1.165, 1.54) is 0 Å². The van der Waals surface area contributed by atoms with E-state index in [0.29, 0.717) is 12.8 Å². The molecule has 0 aromatic carbocycles. The summed E-state index contributed by atoms with van der Waals surface area (Å²) in [6.45, 7) is 1.87. The third kappa shape index (κ3) is 2.89. The Kier molecular flexibility index (Phi) is 4.03. The predicted octanol–water partition coefficient (Wildman–Crippen LogP) is 0.993. The molecule has 0 bridgehead atoms. The molecule has 2 N–H and O–H groups in total. The molecule has 3 atom stereocenters. The molecular formula is C11H16O4. The summed E-state index contributed by atoms with van der Waals surface area (Å²) in [5.74, 6) is -1.64. The van der Waals surface area contributed by atoms with E-state index < -0.39 is 18.0 Å². The molecule has 84 valence electrons. The van der Waals surface area contributed by atoms with Crippen LogP contribution in [0, 0.1) is 11.8 Å². The summed E-state index contributed by atoms with van der Waals surface area (Å²) in [6.07, 6.45) is 3.61. The number of hydrogen-bond acceptors (Lipinski definition) is 3. The van der Waals surface area contributed by atoms with Crippen LogP contribution in [0.15, 0.2) is 12.2 Å². The number of rotatable bonds is 4. The molecule has 1 saturated carbocycles. The summed E-state index contributed by atoms with van der Waals surface area (Å²) in [5.41, 5.74) is 0. The van der Waals surface area contributed by atoms with E-state index in [1.54, 1.807) is 0 Å². The van der Waals surface area contributed by atoms with Gasteiger partial charge in [-0.2, -0.15) is 0 Å². The molecule has 15 heavy (non-hydrogen) atoms. The van der Waals surface area contributed by atoms with Crippen LogP contribution in [0.1, 0.15) is 26.2 Å². The van der Waals surface area contributed by atoms with E-state index in [1.807, 2.05) is 19.1 Å². The van der Waals surface area contributed by atoms with Crippen molar-refractivity contribution >= 4 is 11.8 Å². The second-order valence-electron chi connectivity index (χ2n) is 3.96. The highest BCUT2D eigenvalue weighted by atomic mass is 16.4. The molecule has 0 aromatic heterocycles. The van der Waals surface area contributed by atoms with Crippen LogP contribution < -0.4 is 0 Å². The van der Waals surface area contributed by atoms with Crippen molar-refractivity contribution in [1.82, 2.24) is 0 Å². The zero-order valence-electron chi connectivity index (χ0n) is 8.72. The summed E-state index contributed by atoms with van der Waals surface area (Å²) in [6, 6.07) is 0. The van der Waals surface area contributed by atoms with Gasteiger partial charge < -0.3 is 10.2 Å². The maximum Gasteiger partial charge on any atom is 0.332 e. The van der Waals surface area contributed by atoms with Gasteiger partial charge in [0.25, 0.3) is 0 Å². The normalized spacial score (nSPS) is 28.5. The summed E-state index contributed by atoms with van der Waals surface area (Å²) >= 11 is 0. The minimum atomic E-state index is -1.41. The van der Waals surface area contributed by atoms with Crippen LogP contribution in [0.4, 0.5) is 0 Å². The van der Waals surface area contributed by atoms with Crippen LogP contribution >= 0.6 is 0 Å². The monoisotopic (exact) mass is 212 g/mol. The zero-order valence-corrected chi connectivity index (χ0v) is 8.72. The van der Waals surface area contributed by atoms with Gasteiger partial charge in [-0.3, -0.25) is 4.79 Å². The number of allylic oxidation sites excluding steroid dienone is 2. The third-order valence-corrected chi connectivity index (χ3v) is 2.89. The van der Waals surface area contributed by atoms with Gasteiger partial charge in [-0.15, -0.1) is 0 Å². The first-order valence-electron chi connectivity index (χ1n) is 5.10. The number of hydrogen-bond donors (Lipinski definition) is 2. The van der Waals surface area contributed by atoms with Crippen molar-refractivity contribution in [3.05, 3.63) is 12.2 Å². The lowest BCUT2D eigenvalue weighted by Crippen LogP contribution is -2.31. The van der Waals surface area contributed by atoms with Gasteiger partial charge >= 0.3 is 5.97 Å². The number of carboxylic acids is 1. The Hall–Kier alpha value is -1.16. The Morgan fingerprint density at radius 3 is 2.80 bits per heavy atom. The highest BCUT2D eigenvalue weighted by molar-refractivity contribution is 5.83. The van der Waals surface area contributed by atoms with Crippen LogP contribution in [0.2, 0.25) is 0 Å². The molecular weight excluding hydrogens is 196 g/mol. The van der Waals surface area contributed by atoms with Gasteiger partial charge in [-0.25, -0.2) is 4.79 Å². The molecule has 0 heterocycles. The van der Waals surface area contributed by atoms with Gasteiger partial charge in [-0.05, 0) is 19.3 Å². The Balaban J connectivity index is 2.67. The quantitative estimate of drug-likeness (QED) is 0.681. The van der Waals surface area contributed by atoms with Gasteiger partial charge in [0, 0.05) is 18.8 Å². The average Bonchev–Trinajstić information content (AvgIpc) is 2.55. The number of carboxylic acid groups (broad SMARTS) is 1. The Labute approximate surface area is 88.6 Å². The summed E-state index contributed by atoms with van der Waals surface area (Å²) < 4.78 is 0. The number of ketones is 1. The molecule has 0 radical (unpaired) electrons. The lowest BCUT2D eigenvalue weighted by atomic mass is 9.88. The molecule has 0 amide bonds. The Morgan fingerprint density at radius 2 is 2.27 bits per heavy atom. The zero-order chi connectivity index (χ0) is 11.4. The number of aliphatic hydroxyl groups is 1.